The molecule has 4 aromatic rings. The highest BCUT2D eigenvalue weighted by atomic mass is 19.3. The number of nitrogens with one attached hydrogen (secondary N) is 2. The van der Waals surface area contributed by atoms with Crippen molar-refractivity contribution < 1.29 is 26.7 Å². The van der Waals surface area contributed by atoms with Crippen molar-refractivity contribution in [3.63, 3.8) is 0 Å². The van der Waals surface area contributed by atoms with Gasteiger partial charge in [0, 0.05) is 18.6 Å². The van der Waals surface area contributed by atoms with Crippen molar-refractivity contribution in [3.8, 4) is 17.0 Å². The van der Waals surface area contributed by atoms with Crippen LogP contribution in [-0.4, -0.2) is 49.7 Å². The SMILES string of the molecule is O=c1[nH]cc(-c2cc(N3C[C@H](Oc4ccc(F)c(C(F)F)c4)C(F)(F)C3)c3nccn3n2)c(=O)[nH]1. The third kappa shape index (κ3) is 4.11. The summed E-state index contributed by atoms with van der Waals surface area (Å²) >= 11 is 0. The van der Waals surface area contributed by atoms with Crippen LogP contribution in [0.4, 0.5) is 27.6 Å². The van der Waals surface area contributed by atoms with Gasteiger partial charge >= 0.3 is 11.6 Å². The van der Waals surface area contributed by atoms with Gasteiger partial charge in [-0.15, -0.1) is 0 Å². The molecule has 4 heterocycles. The van der Waals surface area contributed by atoms with Gasteiger partial charge in [0.1, 0.15) is 17.3 Å². The summed E-state index contributed by atoms with van der Waals surface area (Å²) in [6.45, 7) is -1.18. The monoisotopic (exact) mass is 494 g/mol. The number of hydrogen-bond acceptors (Lipinski definition) is 6. The topological polar surface area (TPSA) is 108 Å². The van der Waals surface area contributed by atoms with Crippen LogP contribution >= 0.6 is 0 Å². The molecule has 2 N–H and O–H groups in total. The normalized spacial score (nSPS) is 17.4. The summed E-state index contributed by atoms with van der Waals surface area (Å²) < 4.78 is 75.9. The minimum absolute atomic E-state index is 0.00829. The van der Waals surface area contributed by atoms with E-state index >= 15 is 0 Å². The number of hydrogen-bond donors (Lipinski definition) is 2. The fraction of sp³-hybridized carbons (Fsp3) is 0.238. The van der Waals surface area contributed by atoms with Crippen LogP contribution in [0.5, 0.6) is 5.75 Å². The van der Waals surface area contributed by atoms with Gasteiger partial charge in [-0.05, 0) is 24.3 Å². The van der Waals surface area contributed by atoms with E-state index < -0.39 is 47.6 Å². The van der Waals surface area contributed by atoms with Gasteiger partial charge in [-0.2, -0.15) is 5.10 Å². The summed E-state index contributed by atoms with van der Waals surface area (Å²) in [5.41, 5.74) is -1.92. The molecule has 0 radical (unpaired) electrons. The highest BCUT2D eigenvalue weighted by Crippen LogP contribution is 2.37. The predicted octanol–water partition coefficient (Wildman–Crippen LogP) is 2.75. The van der Waals surface area contributed by atoms with Crippen LogP contribution in [0, 0.1) is 5.82 Å². The molecule has 3 aromatic heterocycles. The lowest BCUT2D eigenvalue weighted by molar-refractivity contribution is -0.0595. The van der Waals surface area contributed by atoms with Crippen molar-refractivity contribution in [1.82, 2.24) is 24.6 Å². The molecule has 1 fully saturated rings. The molecule has 1 aliphatic heterocycles. The van der Waals surface area contributed by atoms with E-state index in [1.165, 1.54) is 27.9 Å². The molecule has 1 atom stereocenters. The number of alkyl halides is 4. The van der Waals surface area contributed by atoms with Crippen LogP contribution in [0.3, 0.4) is 0 Å². The van der Waals surface area contributed by atoms with E-state index in [1.54, 1.807) is 0 Å². The molecule has 1 saturated heterocycles. The zero-order chi connectivity index (χ0) is 24.9. The lowest BCUT2D eigenvalue weighted by Crippen LogP contribution is -2.36. The van der Waals surface area contributed by atoms with Crippen molar-refractivity contribution in [1.29, 1.82) is 0 Å². The quantitative estimate of drug-likeness (QED) is 0.413. The minimum atomic E-state index is -3.41. The Labute approximate surface area is 191 Å². The molecular formula is C21H15F5N6O3. The number of rotatable bonds is 5. The van der Waals surface area contributed by atoms with Gasteiger partial charge in [-0.25, -0.2) is 36.2 Å². The Hall–Kier alpha value is -4.23. The third-order valence-electron chi connectivity index (χ3n) is 5.52. The fourth-order valence-electron chi connectivity index (χ4n) is 3.85. The van der Waals surface area contributed by atoms with Gasteiger partial charge in [0.2, 0.25) is 0 Å². The first kappa shape index (κ1) is 22.6. The maximum atomic E-state index is 14.9. The van der Waals surface area contributed by atoms with Gasteiger partial charge in [0.05, 0.1) is 29.9 Å². The van der Waals surface area contributed by atoms with E-state index in [2.05, 4.69) is 20.1 Å². The molecule has 9 nitrogen and oxygen atoms in total. The lowest BCUT2D eigenvalue weighted by atomic mass is 10.2. The summed E-state index contributed by atoms with van der Waals surface area (Å²) in [5, 5.41) is 4.25. The number of fused-ring (bicyclic) bond motifs is 1. The molecule has 0 saturated carbocycles. The van der Waals surface area contributed by atoms with Crippen molar-refractivity contribution >= 4 is 11.3 Å². The van der Waals surface area contributed by atoms with E-state index in [1.807, 2.05) is 0 Å². The highest BCUT2D eigenvalue weighted by molar-refractivity contribution is 5.74. The molecule has 0 spiro atoms. The molecule has 35 heavy (non-hydrogen) atoms. The van der Waals surface area contributed by atoms with Crippen molar-refractivity contribution in [3.05, 3.63) is 75.1 Å². The second kappa shape index (κ2) is 8.21. The van der Waals surface area contributed by atoms with Crippen molar-refractivity contribution in [2.24, 2.45) is 0 Å². The second-order valence-electron chi connectivity index (χ2n) is 7.83. The minimum Gasteiger partial charge on any atom is -0.482 e. The second-order valence-corrected chi connectivity index (χ2v) is 7.83. The van der Waals surface area contributed by atoms with Crippen LogP contribution in [0.1, 0.15) is 12.0 Å². The first-order valence-electron chi connectivity index (χ1n) is 10.2. The maximum absolute atomic E-state index is 14.9. The number of aromatic amines is 2. The van der Waals surface area contributed by atoms with Gasteiger partial charge in [0.15, 0.2) is 11.8 Å². The number of imidazole rings is 1. The Morgan fingerprint density at radius 3 is 2.74 bits per heavy atom. The van der Waals surface area contributed by atoms with Crippen LogP contribution in [0.25, 0.3) is 16.9 Å². The molecule has 14 heteroatoms. The number of nitrogens with zero attached hydrogens (tertiary/aromatic N) is 4. The molecular weight excluding hydrogens is 479 g/mol. The standard InChI is InChI=1S/C21H15F5N6O3/c22-13-2-1-10(5-11(13)17(23)24)35-16-8-31(9-21(16,25)26)15-6-14(30-32-4-3-27-18(15)32)12-7-28-20(34)29-19(12)33/h1-7,16-17H,8-9H2,(H2,28,29,33,34)/t16-/m0/s1. The van der Waals surface area contributed by atoms with Crippen LogP contribution in [0.15, 0.2) is 52.4 Å². The molecule has 1 aliphatic rings. The number of ether oxygens (including phenoxy) is 1. The van der Waals surface area contributed by atoms with Crippen molar-refractivity contribution in [2.45, 2.75) is 18.5 Å². The van der Waals surface area contributed by atoms with E-state index in [9.17, 15) is 31.5 Å². The average molecular weight is 494 g/mol. The maximum Gasteiger partial charge on any atom is 0.325 e. The smallest absolute Gasteiger partial charge is 0.325 e. The molecule has 0 amide bonds. The van der Waals surface area contributed by atoms with Gasteiger partial charge in [-0.1, -0.05) is 0 Å². The van der Waals surface area contributed by atoms with E-state index in [0.29, 0.717) is 6.07 Å². The van der Waals surface area contributed by atoms with Gasteiger partial charge in [0.25, 0.3) is 12.0 Å². The number of halogens is 5. The molecule has 0 unspecified atom stereocenters. The largest absolute Gasteiger partial charge is 0.482 e. The van der Waals surface area contributed by atoms with E-state index in [-0.39, 0.29) is 34.9 Å². The summed E-state index contributed by atoms with van der Waals surface area (Å²) in [6.07, 6.45) is -0.898. The zero-order valence-corrected chi connectivity index (χ0v) is 17.5. The number of aromatic nitrogens is 5. The number of H-pyrrole nitrogens is 2. The Bertz CT molecular complexity index is 1530. The summed E-state index contributed by atoms with van der Waals surface area (Å²) in [7, 11) is 0. The van der Waals surface area contributed by atoms with Crippen LogP contribution < -0.4 is 20.9 Å². The number of benzene rings is 1. The van der Waals surface area contributed by atoms with Crippen LogP contribution in [-0.2, 0) is 0 Å². The van der Waals surface area contributed by atoms with Crippen LogP contribution in [0.2, 0.25) is 0 Å². The van der Waals surface area contributed by atoms with E-state index in [4.69, 9.17) is 4.74 Å². The summed E-state index contributed by atoms with van der Waals surface area (Å²) in [6, 6.07) is 3.79. The average Bonchev–Trinajstić information content (AvgIpc) is 3.38. The molecule has 182 valence electrons. The summed E-state index contributed by atoms with van der Waals surface area (Å²) in [4.78, 5) is 33.4. The Balaban J connectivity index is 1.50. The lowest BCUT2D eigenvalue weighted by Gasteiger charge is -2.20. The Morgan fingerprint density at radius 2 is 2.00 bits per heavy atom. The Morgan fingerprint density at radius 1 is 1.20 bits per heavy atom. The van der Waals surface area contributed by atoms with Gasteiger partial charge in [-0.3, -0.25) is 9.78 Å². The first-order valence-corrected chi connectivity index (χ1v) is 10.2. The first-order chi connectivity index (χ1) is 16.6. The molecule has 5 rings (SSSR count). The predicted molar refractivity (Wildman–Crippen MR) is 113 cm³/mol. The molecule has 0 bridgehead atoms. The van der Waals surface area contributed by atoms with E-state index in [0.717, 1.165) is 18.3 Å². The molecule has 0 aliphatic carbocycles. The Kier molecular flexibility index (Phi) is 5.29. The zero-order valence-electron chi connectivity index (χ0n) is 17.5. The fourth-order valence-corrected chi connectivity index (χ4v) is 3.85. The number of anilines is 1. The van der Waals surface area contributed by atoms with Gasteiger partial charge < -0.3 is 14.6 Å². The van der Waals surface area contributed by atoms with Crippen molar-refractivity contribution in [2.75, 3.05) is 18.0 Å². The highest BCUT2D eigenvalue weighted by Gasteiger charge is 2.50. The molecule has 1 aromatic carbocycles. The third-order valence-corrected chi connectivity index (χ3v) is 5.52. The summed E-state index contributed by atoms with van der Waals surface area (Å²) in [5.74, 6) is -4.91.